The molecule has 138 valence electrons. The van der Waals surface area contributed by atoms with Crippen molar-refractivity contribution in [3.63, 3.8) is 0 Å². The molecule has 1 aromatic carbocycles. The average molecular weight is 358 g/mol. The highest BCUT2D eigenvalue weighted by Crippen LogP contribution is 2.26. The van der Waals surface area contributed by atoms with Crippen molar-refractivity contribution in [1.29, 1.82) is 0 Å². The van der Waals surface area contributed by atoms with Gasteiger partial charge in [0, 0.05) is 31.2 Å². The second-order valence-electron chi connectivity index (χ2n) is 6.90. The zero-order valence-corrected chi connectivity index (χ0v) is 14.8. The van der Waals surface area contributed by atoms with E-state index in [0.29, 0.717) is 19.5 Å². The lowest BCUT2D eigenvalue weighted by atomic mass is 9.97. The summed E-state index contributed by atoms with van der Waals surface area (Å²) in [5, 5.41) is 9.25. The maximum absolute atomic E-state index is 13.3. The SMILES string of the molecule is C[C@H](Cc1cccc(F)c1)C(=O)N1CCC(n2cccc2C(=O)O)CC1. The maximum atomic E-state index is 13.3. The van der Waals surface area contributed by atoms with Gasteiger partial charge in [0.2, 0.25) is 5.91 Å². The summed E-state index contributed by atoms with van der Waals surface area (Å²) in [7, 11) is 0. The van der Waals surface area contributed by atoms with Crippen molar-refractivity contribution in [3.05, 3.63) is 59.7 Å². The van der Waals surface area contributed by atoms with Gasteiger partial charge in [0.25, 0.3) is 0 Å². The molecule has 26 heavy (non-hydrogen) atoms. The van der Waals surface area contributed by atoms with Crippen LogP contribution < -0.4 is 0 Å². The molecule has 1 fully saturated rings. The molecule has 1 amide bonds. The van der Waals surface area contributed by atoms with Crippen molar-refractivity contribution in [2.45, 2.75) is 32.2 Å². The minimum Gasteiger partial charge on any atom is -0.477 e. The molecular formula is C20H23FN2O3. The van der Waals surface area contributed by atoms with Crippen molar-refractivity contribution in [3.8, 4) is 0 Å². The first-order valence-corrected chi connectivity index (χ1v) is 8.89. The highest BCUT2D eigenvalue weighted by Gasteiger charge is 2.28. The van der Waals surface area contributed by atoms with E-state index in [2.05, 4.69) is 0 Å². The standard InChI is InChI=1S/C20H23FN2O3/c1-14(12-15-4-2-5-16(21)13-15)19(24)22-10-7-17(8-11-22)23-9-3-6-18(23)20(25)26/h2-6,9,13-14,17H,7-8,10-12H2,1H3,(H,25,26)/t14-/m1/s1. The number of halogens is 1. The molecule has 1 atom stereocenters. The summed E-state index contributed by atoms with van der Waals surface area (Å²) in [6.07, 6.45) is 3.76. The van der Waals surface area contributed by atoms with Gasteiger partial charge in [-0.3, -0.25) is 4.79 Å². The second-order valence-corrected chi connectivity index (χ2v) is 6.90. The van der Waals surface area contributed by atoms with Gasteiger partial charge in [0.05, 0.1) is 0 Å². The lowest BCUT2D eigenvalue weighted by Crippen LogP contribution is -2.42. The monoisotopic (exact) mass is 358 g/mol. The number of amides is 1. The molecule has 5 nitrogen and oxygen atoms in total. The highest BCUT2D eigenvalue weighted by atomic mass is 19.1. The Labute approximate surface area is 152 Å². The van der Waals surface area contributed by atoms with E-state index in [1.165, 1.54) is 12.1 Å². The summed E-state index contributed by atoms with van der Waals surface area (Å²) in [6, 6.07) is 9.79. The summed E-state index contributed by atoms with van der Waals surface area (Å²) in [5.41, 5.74) is 1.11. The number of benzene rings is 1. The normalized spacial score (nSPS) is 16.5. The lowest BCUT2D eigenvalue weighted by molar-refractivity contribution is -0.136. The van der Waals surface area contributed by atoms with Crippen LogP contribution in [-0.4, -0.2) is 39.5 Å². The molecule has 0 aliphatic carbocycles. The van der Waals surface area contributed by atoms with Crippen LogP contribution in [0.2, 0.25) is 0 Å². The first kappa shape index (κ1) is 18.2. The van der Waals surface area contributed by atoms with Crippen molar-refractivity contribution in [1.82, 2.24) is 9.47 Å². The fraction of sp³-hybridized carbons (Fsp3) is 0.400. The van der Waals surface area contributed by atoms with Crippen LogP contribution in [0.15, 0.2) is 42.6 Å². The number of carbonyl (C=O) groups excluding carboxylic acids is 1. The minimum atomic E-state index is -0.933. The number of carbonyl (C=O) groups is 2. The van der Waals surface area contributed by atoms with Crippen LogP contribution in [0.1, 0.15) is 41.9 Å². The van der Waals surface area contributed by atoms with E-state index in [0.717, 1.165) is 18.4 Å². The zero-order valence-electron chi connectivity index (χ0n) is 14.8. The number of hydrogen-bond acceptors (Lipinski definition) is 2. The number of aromatic nitrogens is 1. The van der Waals surface area contributed by atoms with Gasteiger partial charge in [-0.15, -0.1) is 0 Å². The number of nitrogens with zero attached hydrogens (tertiary/aromatic N) is 2. The second kappa shape index (κ2) is 7.72. The Balaban J connectivity index is 1.58. The van der Waals surface area contributed by atoms with Crippen molar-refractivity contribution < 1.29 is 19.1 Å². The first-order valence-electron chi connectivity index (χ1n) is 8.89. The van der Waals surface area contributed by atoms with Crippen molar-refractivity contribution in [2.24, 2.45) is 5.92 Å². The fourth-order valence-electron chi connectivity index (χ4n) is 3.67. The quantitative estimate of drug-likeness (QED) is 0.891. The summed E-state index contributed by atoms with van der Waals surface area (Å²) in [4.78, 5) is 25.8. The third-order valence-electron chi connectivity index (χ3n) is 5.02. The molecular weight excluding hydrogens is 335 g/mol. The van der Waals surface area contributed by atoms with E-state index in [-0.39, 0.29) is 29.4 Å². The predicted molar refractivity (Wildman–Crippen MR) is 95.5 cm³/mol. The molecule has 0 bridgehead atoms. The number of aromatic carboxylic acids is 1. The molecule has 0 radical (unpaired) electrons. The van der Waals surface area contributed by atoms with Crippen LogP contribution in [0.3, 0.4) is 0 Å². The van der Waals surface area contributed by atoms with Crippen LogP contribution in [0, 0.1) is 11.7 Å². The molecule has 1 saturated heterocycles. The molecule has 0 saturated carbocycles. The number of carboxylic acids is 1. The Hall–Kier alpha value is -2.63. The van der Waals surface area contributed by atoms with Gasteiger partial charge in [0.1, 0.15) is 11.5 Å². The number of hydrogen-bond donors (Lipinski definition) is 1. The number of likely N-dealkylation sites (tertiary alicyclic amines) is 1. The molecule has 1 aliphatic rings. The molecule has 6 heteroatoms. The molecule has 2 aromatic rings. The third kappa shape index (κ3) is 3.95. The van der Waals surface area contributed by atoms with Gasteiger partial charge >= 0.3 is 5.97 Å². The highest BCUT2D eigenvalue weighted by molar-refractivity contribution is 5.85. The Morgan fingerprint density at radius 3 is 2.62 bits per heavy atom. The number of carboxylic acid groups (broad SMARTS) is 1. The Kier molecular flexibility index (Phi) is 5.40. The van der Waals surface area contributed by atoms with Crippen LogP contribution in [0.4, 0.5) is 4.39 Å². The summed E-state index contributed by atoms with van der Waals surface area (Å²) in [6.45, 7) is 3.08. The van der Waals surface area contributed by atoms with Crippen LogP contribution >= 0.6 is 0 Å². The molecule has 0 unspecified atom stereocenters. The summed E-state index contributed by atoms with van der Waals surface area (Å²) in [5.74, 6) is -1.37. The fourth-order valence-corrected chi connectivity index (χ4v) is 3.67. The Bertz CT molecular complexity index is 794. The van der Waals surface area contributed by atoms with E-state index in [4.69, 9.17) is 0 Å². The van der Waals surface area contributed by atoms with E-state index in [1.807, 2.05) is 17.9 Å². The van der Waals surface area contributed by atoms with Crippen molar-refractivity contribution in [2.75, 3.05) is 13.1 Å². The number of piperidine rings is 1. The molecule has 1 aliphatic heterocycles. The smallest absolute Gasteiger partial charge is 0.352 e. The van der Waals surface area contributed by atoms with Crippen molar-refractivity contribution >= 4 is 11.9 Å². The van der Waals surface area contributed by atoms with Gasteiger partial charge in [-0.25, -0.2) is 9.18 Å². The van der Waals surface area contributed by atoms with Gasteiger partial charge < -0.3 is 14.6 Å². The maximum Gasteiger partial charge on any atom is 0.352 e. The minimum absolute atomic E-state index is 0.0682. The molecule has 1 N–H and O–H groups in total. The molecule has 2 heterocycles. The van der Waals surface area contributed by atoms with E-state index in [9.17, 15) is 19.1 Å². The van der Waals surface area contributed by atoms with Crippen LogP contribution in [0.25, 0.3) is 0 Å². The predicted octanol–water partition coefficient (Wildman–Crippen LogP) is 3.37. The van der Waals surface area contributed by atoms with Crippen LogP contribution in [0.5, 0.6) is 0 Å². The van der Waals surface area contributed by atoms with E-state index >= 15 is 0 Å². The Morgan fingerprint density at radius 1 is 1.23 bits per heavy atom. The van der Waals surface area contributed by atoms with Gasteiger partial charge in [0.15, 0.2) is 0 Å². The van der Waals surface area contributed by atoms with Crippen LogP contribution in [-0.2, 0) is 11.2 Å². The third-order valence-corrected chi connectivity index (χ3v) is 5.02. The topological polar surface area (TPSA) is 62.5 Å². The number of rotatable bonds is 5. The molecule has 3 rings (SSSR count). The lowest BCUT2D eigenvalue weighted by Gasteiger charge is -2.34. The van der Waals surface area contributed by atoms with Gasteiger partial charge in [-0.05, 0) is 49.1 Å². The van der Waals surface area contributed by atoms with Gasteiger partial charge in [-0.1, -0.05) is 19.1 Å². The Morgan fingerprint density at radius 2 is 1.96 bits per heavy atom. The zero-order chi connectivity index (χ0) is 18.7. The molecule has 0 spiro atoms. The van der Waals surface area contributed by atoms with E-state index in [1.54, 1.807) is 29.0 Å². The van der Waals surface area contributed by atoms with E-state index < -0.39 is 5.97 Å². The summed E-state index contributed by atoms with van der Waals surface area (Å²) >= 11 is 0. The van der Waals surface area contributed by atoms with Gasteiger partial charge in [-0.2, -0.15) is 0 Å². The first-order chi connectivity index (χ1) is 12.5. The largest absolute Gasteiger partial charge is 0.477 e. The molecule has 1 aromatic heterocycles. The average Bonchev–Trinajstić information content (AvgIpc) is 3.11. The summed E-state index contributed by atoms with van der Waals surface area (Å²) < 4.78 is 15.1.